The Morgan fingerprint density at radius 2 is 1.38 bits per heavy atom. The zero-order valence-corrected chi connectivity index (χ0v) is 19.3. The van der Waals surface area contributed by atoms with Gasteiger partial charge in [0.2, 0.25) is 0 Å². The molecule has 4 rings (SSSR count). The molecule has 32 heavy (non-hydrogen) atoms. The van der Waals surface area contributed by atoms with Crippen molar-refractivity contribution in [3.8, 4) is 16.9 Å². The van der Waals surface area contributed by atoms with E-state index in [1.165, 1.54) is 0 Å². The van der Waals surface area contributed by atoms with Crippen molar-refractivity contribution in [2.45, 2.75) is 51.7 Å². The van der Waals surface area contributed by atoms with Gasteiger partial charge in [0.05, 0.1) is 7.11 Å². The maximum absolute atomic E-state index is 12.4. The maximum atomic E-state index is 12.4. The van der Waals surface area contributed by atoms with Crippen LogP contribution in [0.5, 0.6) is 5.75 Å². The van der Waals surface area contributed by atoms with Gasteiger partial charge in [-0.3, -0.25) is 9.59 Å². The van der Waals surface area contributed by atoms with Gasteiger partial charge in [-0.15, -0.1) is 0 Å². The first kappa shape index (κ1) is 21.9. The smallest absolute Gasteiger partial charge is 0.328 e. The summed E-state index contributed by atoms with van der Waals surface area (Å²) in [6.45, 7) is 9.59. The van der Waals surface area contributed by atoms with Crippen molar-refractivity contribution < 1.29 is 23.8 Å². The first-order chi connectivity index (χ1) is 15.0. The number of benzene rings is 3. The molecule has 5 heteroatoms. The van der Waals surface area contributed by atoms with Crippen LogP contribution in [0, 0.1) is 0 Å². The van der Waals surface area contributed by atoms with E-state index >= 15 is 0 Å². The fourth-order valence-electron chi connectivity index (χ4n) is 4.09. The lowest BCUT2D eigenvalue weighted by molar-refractivity contribution is -0.234. The molecule has 1 heterocycles. The monoisotopic (exact) mass is 432 g/mol. The average molecular weight is 433 g/mol. The van der Waals surface area contributed by atoms with Gasteiger partial charge in [0, 0.05) is 19.4 Å². The average Bonchev–Trinajstić information content (AvgIpc) is 2.70. The quantitative estimate of drug-likeness (QED) is 0.391. The molecule has 0 aromatic heterocycles. The fraction of sp³-hybridized carbons (Fsp3) is 0.333. The van der Waals surface area contributed by atoms with Gasteiger partial charge in [0.15, 0.2) is 5.92 Å². The summed E-state index contributed by atoms with van der Waals surface area (Å²) in [5, 5.41) is 1.94. The fourth-order valence-corrected chi connectivity index (χ4v) is 4.09. The van der Waals surface area contributed by atoms with E-state index in [0.29, 0.717) is 5.56 Å². The zero-order valence-electron chi connectivity index (χ0n) is 19.3. The number of rotatable bonds is 3. The highest BCUT2D eigenvalue weighted by Gasteiger charge is 2.44. The van der Waals surface area contributed by atoms with E-state index in [1.54, 1.807) is 27.0 Å². The molecule has 1 saturated heterocycles. The summed E-state index contributed by atoms with van der Waals surface area (Å²) in [6.07, 6.45) is 0. The second-order valence-corrected chi connectivity index (χ2v) is 9.66. The van der Waals surface area contributed by atoms with E-state index in [2.05, 4.69) is 39.0 Å². The summed E-state index contributed by atoms with van der Waals surface area (Å²) in [5.41, 5.74) is 3.84. The Morgan fingerprint density at radius 3 is 2.00 bits per heavy atom. The summed E-state index contributed by atoms with van der Waals surface area (Å²) >= 11 is 0. The van der Waals surface area contributed by atoms with Gasteiger partial charge in [-0.25, -0.2) is 0 Å². The van der Waals surface area contributed by atoms with E-state index < -0.39 is 23.6 Å². The van der Waals surface area contributed by atoms with Crippen LogP contribution in [0.2, 0.25) is 0 Å². The van der Waals surface area contributed by atoms with Gasteiger partial charge in [-0.2, -0.15) is 0 Å². The second-order valence-electron chi connectivity index (χ2n) is 9.66. The molecular formula is C27H28O5. The standard InChI is InChI=1S/C27H28O5/c1-26(2,3)21-15-19(11-12-22(21)30-6)17-7-8-18-14-20(10-9-16(18)13-17)23-24(28)31-27(4,5)32-25(23)29/h7-15,23H,1-6H3. The maximum Gasteiger partial charge on any atom is 0.328 e. The summed E-state index contributed by atoms with van der Waals surface area (Å²) in [4.78, 5) is 24.9. The van der Waals surface area contributed by atoms with E-state index in [9.17, 15) is 9.59 Å². The SMILES string of the molecule is COc1ccc(-c2ccc3cc(C4C(=O)OC(C)(C)OC4=O)ccc3c2)cc1C(C)(C)C. The van der Waals surface area contributed by atoms with Gasteiger partial charge in [0.1, 0.15) is 5.75 Å². The van der Waals surface area contributed by atoms with Crippen molar-refractivity contribution >= 4 is 22.7 Å². The number of esters is 2. The van der Waals surface area contributed by atoms with E-state index in [4.69, 9.17) is 14.2 Å². The minimum Gasteiger partial charge on any atom is -0.496 e. The Bertz CT molecular complexity index is 1200. The van der Waals surface area contributed by atoms with E-state index in [1.807, 2.05) is 30.3 Å². The molecule has 5 nitrogen and oxygen atoms in total. The van der Waals surface area contributed by atoms with Crippen molar-refractivity contribution in [1.29, 1.82) is 0 Å². The second kappa shape index (κ2) is 7.66. The molecule has 166 valence electrons. The number of hydrogen-bond donors (Lipinski definition) is 0. The molecule has 1 aliphatic rings. The summed E-state index contributed by atoms with van der Waals surface area (Å²) in [7, 11) is 1.69. The van der Waals surface area contributed by atoms with Gasteiger partial charge in [-0.05, 0) is 57.1 Å². The van der Waals surface area contributed by atoms with Gasteiger partial charge in [-0.1, -0.05) is 51.1 Å². The molecule has 0 amide bonds. The molecule has 0 N–H and O–H groups in total. The van der Waals surface area contributed by atoms with Gasteiger partial charge >= 0.3 is 11.9 Å². The third kappa shape index (κ3) is 4.07. The van der Waals surface area contributed by atoms with Gasteiger partial charge < -0.3 is 14.2 Å². The highest BCUT2D eigenvalue weighted by molar-refractivity contribution is 6.03. The van der Waals surface area contributed by atoms with Crippen LogP contribution < -0.4 is 4.74 Å². The van der Waals surface area contributed by atoms with Crippen LogP contribution in [0.4, 0.5) is 0 Å². The number of carbonyl (C=O) groups excluding carboxylic acids is 2. The number of hydrogen-bond acceptors (Lipinski definition) is 5. The molecule has 3 aromatic rings. The highest BCUT2D eigenvalue weighted by Crippen LogP contribution is 2.36. The first-order valence-electron chi connectivity index (χ1n) is 10.7. The Balaban J connectivity index is 1.70. The number of methoxy groups -OCH3 is 1. The van der Waals surface area contributed by atoms with E-state index in [-0.39, 0.29) is 5.41 Å². The zero-order chi connectivity index (χ0) is 23.3. The molecule has 0 aliphatic carbocycles. The molecule has 0 saturated carbocycles. The third-order valence-corrected chi connectivity index (χ3v) is 5.70. The van der Waals surface area contributed by atoms with Crippen LogP contribution in [-0.2, 0) is 24.5 Å². The molecule has 3 aromatic carbocycles. The Labute approximate surface area is 188 Å². The summed E-state index contributed by atoms with van der Waals surface area (Å²) < 4.78 is 16.1. The Morgan fingerprint density at radius 1 is 0.812 bits per heavy atom. The van der Waals surface area contributed by atoms with Crippen molar-refractivity contribution in [1.82, 2.24) is 0 Å². The van der Waals surface area contributed by atoms with Crippen LogP contribution >= 0.6 is 0 Å². The highest BCUT2D eigenvalue weighted by atomic mass is 16.7. The van der Waals surface area contributed by atoms with Crippen LogP contribution in [0.15, 0.2) is 54.6 Å². The Hall–Kier alpha value is -3.34. The predicted octanol–water partition coefficient (Wildman–Crippen LogP) is 5.73. The summed E-state index contributed by atoms with van der Waals surface area (Å²) in [6, 6.07) is 17.9. The topological polar surface area (TPSA) is 61.8 Å². The number of carbonyl (C=O) groups is 2. The predicted molar refractivity (Wildman–Crippen MR) is 124 cm³/mol. The Kier molecular flexibility index (Phi) is 5.24. The molecule has 1 aliphatic heterocycles. The molecular weight excluding hydrogens is 404 g/mol. The van der Waals surface area contributed by atoms with Crippen LogP contribution in [0.1, 0.15) is 51.7 Å². The molecule has 0 spiro atoms. The van der Waals surface area contributed by atoms with Crippen LogP contribution in [0.25, 0.3) is 21.9 Å². The van der Waals surface area contributed by atoms with Gasteiger partial charge in [0.25, 0.3) is 5.79 Å². The number of cyclic esters (lactones) is 2. The summed E-state index contributed by atoms with van der Waals surface area (Å²) in [5.74, 6) is -2.60. The lowest BCUT2D eigenvalue weighted by Gasteiger charge is -2.33. The largest absolute Gasteiger partial charge is 0.496 e. The molecule has 0 atom stereocenters. The lowest BCUT2D eigenvalue weighted by Crippen LogP contribution is -2.45. The van der Waals surface area contributed by atoms with Crippen molar-refractivity contribution in [3.63, 3.8) is 0 Å². The van der Waals surface area contributed by atoms with E-state index in [0.717, 1.165) is 33.2 Å². The lowest BCUT2D eigenvalue weighted by atomic mass is 9.84. The van der Waals surface area contributed by atoms with Crippen molar-refractivity contribution in [2.75, 3.05) is 7.11 Å². The third-order valence-electron chi connectivity index (χ3n) is 5.70. The normalized spacial score (nSPS) is 16.6. The minimum atomic E-state index is -1.24. The number of fused-ring (bicyclic) bond motifs is 1. The molecule has 0 unspecified atom stereocenters. The first-order valence-corrected chi connectivity index (χ1v) is 10.7. The minimum absolute atomic E-state index is 0.0507. The molecule has 1 fully saturated rings. The van der Waals surface area contributed by atoms with Crippen molar-refractivity contribution in [3.05, 3.63) is 65.7 Å². The molecule has 0 bridgehead atoms. The van der Waals surface area contributed by atoms with Crippen LogP contribution in [0.3, 0.4) is 0 Å². The number of ether oxygens (including phenoxy) is 3. The molecule has 0 radical (unpaired) electrons. The van der Waals surface area contributed by atoms with Crippen LogP contribution in [-0.4, -0.2) is 24.8 Å². The van der Waals surface area contributed by atoms with Crippen molar-refractivity contribution in [2.24, 2.45) is 0 Å².